The van der Waals surface area contributed by atoms with Gasteiger partial charge in [0.05, 0.1) is 5.75 Å². The van der Waals surface area contributed by atoms with E-state index in [0.29, 0.717) is 39.3 Å². The third kappa shape index (κ3) is 4.63. The number of nitrogens with one attached hydrogen (secondary N) is 1. The number of anilines is 1. The highest BCUT2D eigenvalue weighted by atomic mass is 35.5. The second-order valence-corrected chi connectivity index (χ2v) is 9.27. The Balaban J connectivity index is 1.88. The number of nitrogens with zero attached hydrogens (tertiary/aromatic N) is 4. The normalized spacial score (nSPS) is 13.1. The van der Waals surface area contributed by atoms with Crippen LogP contribution in [0.3, 0.4) is 0 Å². The van der Waals surface area contributed by atoms with Crippen LogP contribution in [-0.4, -0.2) is 46.3 Å². The molecule has 138 valence electrons. The molecular formula is C16H17Cl2N5O2S. The molecule has 0 bridgehead atoms. The molecule has 1 aromatic carbocycles. The molecule has 0 saturated heterocycles. The fraction of sp³-hybridized carbons (Fsp3) is 0.312. The maximum atomic E-state index is 11.3. The summed E-state index contributed by atoms with van der Waals surface area (Å²) in [5, 5.41) is 16.9. The fourth-order valence-corrected chi connectivity index (χ4v) is 3.75. The zero-order valence-electron chi connectivity index (χ0n) is 14.1. The van der Waals surface area contributed by atoms with Crippen molar-refractivity contribution in [1.82, 2.24) is 19.8 Å². The van der Waals surface area contributed by atoms with Gasteiger partial charge in [-0.05, 0) is 43.7 Å². The summed E-state index contributed by atoms with van der Waals surface area (Å²) >= 11 is 12.1. The van der Waals surface area contributed by atoms with Gasteiger partial charge < -0.3 is 5.32 Å². The molecule has 26 heavy (non-hydrogen) atoms. The summed E-state index contributed by atoms with van der Waals surface area (Å²) in [6, 6.07) is 8.60. The summed E-state index contributed by atoms with van der Waals surface area (Å²) in [7, 11) is -3.00. The predicted molar refractivity (Wildman–Crippen MR) is 104 cm³/mol. The molecular weight excluding hydrogens is 397 g/mol. The Kier molecular flexibility index (Phi) is 5.36. The van der Waals surface area contributed by atoms with Crippen molar-refractivity contribution in [3.8, 4) is 11.4 Å². The van der Waals surface area contributed by atoms with Crippen LogP contribution >= 0.6 is 23.2 Å². The van der Waals surface area contributed by atoms with Gasteiger partial charge in [0.25, 0.3) is 0 Å². The van der Waals surface area contributed by atoms with E-state index in [-0.39, 0.29) is 11.8 Å². The molecule has 2 aromatic heterocycles. The lowest BCUT2D eigenvalue weighted by Gasteiger charge is -2.14. The van der Waals surface area contributed by atoms with Crippen molar-refractivity contribution in [2.45, 2.75) is 19.4 Å². The van der Waals surface area contributed by atoms with Gasteiger partial charge in [0.15, 0.2) is 11.5 Å². The van der Waals surface area contributed by atoms with E-state index in [4.69, 9.17) is 23.2 Å². The molecule has 0 aliphatic rings. The first-order valence-corrected chi connectivity index (χ1v) is 10.7. The van der Waals surface area contributed by atoms with Crippen LogP contribution in [0.1, 0.15) is 13.3 Å². The highest BCUT2D eigenvalue weighted by molar-refractivity contribution is 7.90. The fourth-order valence-electron chi connectivity index (χ4n) is 2.44. The number of hydrogen-bond donors (Lipinski definition) is 1. The quantitative estimate of drug-likeness (QED) is 0.666. The molecule has 0 aliphatic carbocycles. The second-order valence-electron chi connectivity index (χ2n) is 6.13. The van der Waals surface area contributed by atoms with E-state index in [1.807, 2.05) is 6.92 Å². The molecule has 0 amide bonds. The Morgan fingerprint density at radius 2 is 1.85 bits per heavy atom. The maximum Gasteiger partial charge on any atom is 0.185 e. The van der Waals surface area contributed by atoms with Crippen LogP contribution in [0.4, 0.5) is 5.82 Å². The van der Waals surface area contributed by atoms with Crippen molar-refractivity contribution in [3.63, 3.8) is 0 Å². The Morgan fingerprint density at radius 3 is 2.50 bits per heavy atom. The number of hydrogen-bond acceptors (Lipinski definition) is 6. The van der Waals surface area contributed by atoms with E-state index in [1.54, 1.807) is 34.8 Å². The first-order valence-electron chi connectivity index (χ1n) is 7.84. The Bertz CT molecular complexity index is 1030. The largest absolute Gasteiger partial charge is 0.366 e. The van der Waals surface area contributed by atoms with E-state index in [9.17, 15) is 8.42 Å². The third-order valence-electron chi connectivity index (χ3n) is 3.70. The molecule has 7 nitrogen and oxygen atoms in total. The van der Waals surface area contributed by atoms with E-state index in [0.717, 1.165) is 0 Å². The van der Waals surface area contributed by atoms with Gasteiger partial charge in [0, 0.05) is 27.9 Å². The summed E-state index contributed by atoms with van der Waals surface area (Å²) in [4.78, 5) is 0. The standard InChI is InChI=1S/C16H17Cl2N5O2S/c1-10(5-6-26(2,24)25)19-14-3-4-15-20-21-16(23(15)22-14)11-7-12(17)9-13(18)8-11/h3-4,7-10H,5-6H2,1-2H3,(H,19,22). The number of fused-ring (bicyclic) bond motifs is 1. The van der Waals surface area contributed by atoms with E-state index in [1.165, 1.54) is 6.26 Å². The van der Waals surface area contributed by atoms with Crippen LogP contribution in [0.25, 0.3) is 17.0 Å². The van der Waals surface area contributed by atoms with Gasteiger partial charge in [0.1, 0.15) is 15.7 Å². The van der Waals surface area contributed by atoms with Gasteiger partial charge in [-0.15, -0.1) is 15.3 Å². The van der Waals surface area contributed by atoms with Crippen molar-refractivity contribution in [1.29, 1.82) is 0 Å². The lowest BCUT2D eigenvalue weighted by molar-refractivity contribution is 0.595. The van der Waals surface area contributed by atoms with Crippen LogP contribution in [0, 0.1) is 0 Å². The number of rotatable bonds is 6. The summed E-state index contributed by atoms with van der Waals surface area (Å²) in [6.45, 7) is 1.90. The molecule has 2 heterocycles. The molecule has 1 atom stereocenters. The lowest BCUT2D eigenvalue weighted by atomic mass is 10.2. The van der Waals surface area contributed by atoms with Crippen molar-refractivity contribution in [3.05, 3.63) is 40.4 Å². The average Bonchev–Trinajstić information content (AvgIpc) is 2.94. The van der Waals surface area contributed by atoms with E-state index < -0.39 is 9.84 Å². The summed E-state index contributed by atoms with van der Waals surface area (Å²) in [5.41, 5.74) is 1.27. The topological polar surface area (TPSA) is 89.2 Å². The van der Waals surface area contributed by atoms with Gasteiger partial charge in [-0.3, -0.25) is 0 Å². The van der Waals surface area contributed by atoms with E-state index in [2.05, 4.69) is 20.6 Å². The SMILES string of the molecule is CC(CCS(C)(=O)=O)Nc1ccc2nnc(-c3cc(Cl)cc(Cl)c3)n2n1. The molecule has 0 aliphatic heterocycles. The summed E-state index contributed by atoms with van der Waals surface area (Å²) in [6.07, 6.45) is 1.71. The number of halogens is 2. The molecule has 3 rings (SSSR count). The first kappa shape index (κ1) is 18.9. The first-order chi connectivity index (χ1) is 12.2. The second kappa shape index (κ2) is 7.38. The average molecular weight is 414 g/mol. The Hall–Kier alpha value is -1.90. The van der Waals surface area contributed by atoms with Crippen molar-refractivity contribution < 1.29 is 8.42 Å². The zero-order chi connectivity index (χ0) is 18.9. The predicted octanol–water partition coefficient (Wildman–Crippen LogP) is 3.33. The Labute approximate surface area is 161 Å². The lowest BCUT2D eigenvalue weighted by Crippen LogP contribution is -2.20. The smallest absolute Gasteiger partial charge is 0.185 e. The monoisotopic (exact) mass is 413 g/mol. The van der Waals surface area contributed by atoms with Crippen LogP contribution < -0.4 is 5.32 Å². The molecule has 3 aromatic rings. The van der Waals surface area contributed by atoms with Crippen molar-refractivity contribution >= 4 is 44.5 Å². The summed E-state index contributed by atoms with van der Waals surface area (Å²) < 4.78 is 24.2. The highest BCUT2D eigenvalue weighted by Gasteiger charge is 2.13. The molecule has 0 spiro atoms. The molecule has 1 unspecified atom stereocenters. The number of sulfone groups is 1. The van der Waals surface area contributed by atoms with Gasteiger partial charge in [-0.25, -0.2) is 8.42 Å². The zero-order valence-corrected chi connectivity index (χ0v) is 16.5. The molecule has 0 radical (unpaired) electrons. The summed E-state index contributed by atoms with van der Waals surface area (Å²) in [5.74, 6) is 1.21. The van der Waals surface area contributed by atoms with Gasteiger partial charge in [-0.1, -0.05) is 23.2 Å². The van der Waals surface area contributed by atoms with Gasteiger partial charge in [-0.2, -0.15) is 4.52 Å². The molecule has 1 N–H and O–H groups in total. The van der Waals surface area contributed by atoms with Crippen molar-refractivity contribution in [2.24, 2.45) is 0 Å². The van der Waals surface area contributed by atoms with Gasteiger partial charge in [0.2, 0.25) is 0 Å². The number of benzene rings is 1. The highest BCUT2D eigenvalue weighted by Crippen LogP contribution is 2.26. The van der Waals surface area contributed by atoms with Crippen LogP contribution in [0.2, 0.25) is 10.0 Å². The third-order valence-corrected chi connectivity index (χ3v) is 5.11. The van der Waals surface area contributed by atoms with Crippen molar-refractivity contribution in [2.75, 3.05) is 17.3 Å². The van der Waals surface area contributed by atoms with Crippen LogP contribution in [0.15, 0.2) is 30.3 Å². The maximum absolute atomic E-state index is 11.3. The Morgan fingerprint density at radius 1 is 1.15 bits per heavy atom. The van der Waals surface area contributed by atoms with E-state index >= 15 is 0 Å². The molecule has 10 heteroatoms. The van der Waals surface area contributed by atoms with Gasteiger partial charge >= 0.3 is 0 Å². The van der Waals surface area contributed by atoms with Crippen LogP contribution in [-0.2, 0) is 9.84 Å². The minimum Gasteiger partial charge on any atom is -0.366 e. The number of aromatic nitrogens is 4. The van der Waals surface area contributed by atoms with Crippen LogP contribution in [0.5, 0.6) is 0 Å². The minimum atomic E-state index is -3.00. The minimum absolute atomic E-state index is 0.0600. The molecule has 0 saturated carbocycles. The molecule has 0 fully saturated rings.